The van der Waals surface area contributed by atoms with E-state index >= 15 is 0 Å². The van der Waals surface area contributed by atoms with E-state index in [9.17, 15) is 25.1 Å². The van der Waals surface area contributed by atoms with Crippen molar-refractivity contribution < 1.29 is 39.0 Å². The van der Waals surface area contributed by atoms with Crippen LogP contribution in [0.1, 0.15) is 68.9 Å². The van der Waals surface area contributed by atoms with Crippen molar-refractivity contribution in [3.8, 4) is 11.5 Å². The Bertz CT molecular complexity index is 1870. The third-order valence-corrected chi connectivity index (χ3v) is 12.1. The number of carbonyl (C=O) groups excluding carboxylic acids is 1. The highest BCUT2D eigenvalue weighted by molar-refractivity contribution is 8.00. The summed E-state index contributed by atoms with van der Waals surface area (Å²) < 4.78 is 19.9. The number of hydrogen-bond acceptors (Lipinski definition) is 11. The summed E-state index contributed by atoms with van der Waals surface area (Å²) in [6.07, 6.45) is 8.52. The Hall–Kier alpha value is -4.69. The molecule has 1 amide bonds. The number of ether oxygens (including phenoxy) is 3. The second kappa shape index (κ2) is 19.4. The highest BCUT2D eigenvalue weighted by Gasteiger charge is 2.64. The number of thioether (sulfide) groups is 1. The maximum Gasteiger partial charge on any atom is 0.412 e. The quantitative estimate of drug-likeness (QED) is 0.0466. The Labute approximate surface area is 332 Å². The van der Waals surface area contributed by atoms with Gasteiger partial charge in [0.05, 0.1) is 28.4 Å². The van der Waals surface area contributed by atoms with E-state index in [0.29, 0.717) is 37.3 Å². The van der Waals surface area contributed by atoms with Gasteiger partial charge in [0.15, 0.2) is 0 Å². The van der Waals surface area contributed by atoms with Crippen LogP contribution in [0, 0.1) is 27.9 Å². The zero-order valence-corrected chi connectivity index (χ0v) is 32.5. The van der Waals surface area contributed by atoms with E-state index in [2.05, 4.69) is 30.1 Å². The van der Waals surface area contributed by atoms with Crippen molar-refractivity contribution in [2.24, 2.45) is 22.9 Å². The first-order valence-corrected chi connectivity index (χ1v) is 20.3. The number of nitrogens with one attached hydrogen (secondary N) is 1. The van der Waals surface area contributed by atoms with Crippen LogP contribution in [0.3, 0.4) is 0 Å². The largest absolute Gasteiger partial charge is 0.460 e. The molecule has 0 spiro atoms. The summed E-state index contributed by atoms with van der Waals surface area (Å²) in [7, 11) is 0. The van der Waals surface area contributed by atoms with Gasteiger partial charge >= 0.3 is 6.09 Å². The number of hydrogen-bond donors (Lipinski definition) is 3. The number of fused-ring (bicyclic) bond motifs is 2. The average molecular weight is 786 g/mol. The summed E-state index contributed by atoms with van der Waals surface area (Å²) in [5, 5.41) is 38.1. The highest BCUT2D eigenvalue weighted by Crippen LogP contribution is 2.63. The summed E-state index contributed by atoms with van der Waals surface area (Å²) in [5.74, 6) is -0.543. The normalized spacial score (nSPS) is 24.2. The number of aliphatic hydroxyl groups is 2. The molecule has 3 aromatic rings. The summed E-state index contributed by atoms with van der Waals surface area (Å²) >= 11 is 1.66. The molecule has 6 atom stereocenters. The molecule has 0 bridgehead atoms. The van der Waals surface area contributed by atoms with Crippen molar-refractivity contribution in [1.82, 2.24) is 5.32 Å². The maximum absolute atomic E-state index is 12.6. The van der Waals surface area contributed by atoms with Gasteiger partial charge < -0.3 is 34.6 Å². The maximum atomic E-state index is 12.6. The van der Waals surface area contributed by atoms with Crippen LogP contribution in [0.25, 0.3) is 0 Å². The zero-order valence-electron chi connectivity index (χ0n) is 31.7. The second-order valence-electron chi connectivity index (χ2n) is 14.3. The predicted molar refractivity (Wildman–Crippen MR) is 215 cm³/mol. The molecule has 1 saturated carbocycles. The first kappa shape index (κ1) is 41.0. The fourth-order valence-electron chi connectivity index (χ4n) is 8.34. The molecule has 0 radical (unpaired) electrons. The highest BCUT2D eigenvalue weighted by atomic mass is 32.2. The first-order valence-electron chi connectivity index (χ1n) is 19.4. The van der Waals surface area contributed by atoms with Crippen molar-refractivity contribution >= 4 is 29.3 Å². The number of nitro benzene ring substituents is 1. The van der Waals surface area contributed by atoms with Crippen molar-refractivity contribution in [1.29, 1.82) is 0 Å². The Morgan fingerprint density at radius 3 is 2.52 bits per heavy atom. The van der Waals surface area contributed by atoms with Gasteiger partial charge in [-0.15, -0.1) is 18.3 Å². The molecule has 6 rings (SSSR count). The Balaban J connectivity index is 1.52. The van der Waals surface area contributed by atoms with Crippen molar-refractivity contribution in [2.75, 3.05) is 26.4 Å². The molecule has 56 heavy (non-hydrogen) atoms. The van der Waals surface area contributed by atoms with E-state index in [4.69, 9.17) is 24.2 Å². The molecular weight excluding hydrogens is 735 g/mol. The lowest BCUT2D eigenvalue weighted by Crippen LogP contribution is -2.64. The minimum Gasteiger partial charge on any atom is -0.460 e. The van der Waals surface area contributed by atoms with E-state index < -0.39 is 16.8 Å². The number of aliphatic hydroxyl groups excluding tert-OH is 2. The summed E-state index contributed by atoms with van der Waals surface area (Å²) in [6, 6.07) is 21.9. The SMILES string of the molecule is C=CCOC12Oc3ccc(OC(=O)NCC)cc3C3C(CCCCO)C(CCCCO)C=C(C(=NOCc4ccc([N+](=O)[O-])cc4)CC1Sc1ccccc1)C32. The molecule has 6 unspecified atom stereocenters. The van der Waals surface area contributed by atoms with Crippen LogP contribution < -0.4 is 14.8 Å². The molecule has 3 aliphatic rings. The van der Waals surface area contributed by atoms with Crippen LogP contribution in [0.5, 0.6) is 11.5 Å². The van der Waals surface area contributed by atoms with Crippen molar-refractivity contribution in [3.05, 3.63) is 118 Å². The van der Waals surface area contributed by atoms with Crippen LogP contribution in [0.4, 0.5) is 10.5 Å². The van der Waals surface area contributed by atoms with Gasteiger partial charge in [-0.1, -0.05) is 48.3 Å². The molecule has 0 aromatic heterocycles. The Morgan fingerprint density at radius 2 is 1.82 bits per heavy atom. The number of allylic oxidation sites excluding steroid dienone is 1. The molecule has 1 fully saturated rings. The fraction of sp³-hybridized carbons (Fsp3) is 0.442. The van der Waals surface area contributed by atoms with Gasteiger partial charge in [0.25, 0.3) is 5.69 Å². The Morgan fingerprint density at radius 1 is 1.07 bits per heavy atom. The lowest BCUT2D eigenvalue weighted by Gasteiger charge is -2.58. The van der Waals surface area contributed by atoms with E-state index in [-0.39, 0.29) is 61.0 Å². The van der Waals surface area contributed by atoms with Gasteiger partial charge in [0, 0.05) is 54.7 Å². The number of non-ortho nitro benzene ring substituents is 1. The van der Waals surface area contributed by atoms with Crippen molar-refractivity contribution in [2.45, 2.75) is 80.3 Å². The van der Waals surface area contributed by atoms with Crippen LogP contribution >= 0.6 is 11.8 Å². The van der Waals surface area contributed by atoms with Gasteiger partial charge in [0.1, 0.15) is 18.1 Å². The van der Waals surface area contributed by atoms with Gasteiger partial charge in [-0.3, -0.25) is 10.1 Å². The van der Waals surface area contributed by atoms with Gasteiger partial charge in [0.2, 0.25) is 5.79 Å². The number of nitrogens with zero attached hydrogens (tertiary/aromatic N) is 2. The number of oxime groups is 1. The number of carbonyl (C=O) groups is 1. The summed E-state index contributed by atoms with van der Waals surface area (Å²) in [5.41, 5.74) is 3.36. The van der Waals surface area contributed by atoms with E-state index in [1.165, 1.54) is 12.1 Å². The number of nitro groups is 1. The van der Waals surface area contributed by atoms with E-state index in [0.717, 1.165) is 53.0 Å². The van der Waals surface area contributed by atoms with Crippen molar-refractivity contribution in [3.63, 3.8) is 0 Å². The first-order chi connectivity index (χ1) is 27.3. The monoisotopic (exact) mass is 785 g/mol. The minimum atomic E-state index is -1.18. The van der Waals surface area contributed by atoms with Gasteiger partial charge in [-0.2, -0.15) is 0 Å². The standard InChI is InChI=1S/C43H51N3O9S/c1-3-24-52-43-39(56-33-13-6-5-7-14-33)27-37(45-53-28-29-16-18-31(19-17-29)46(50)51)35-25-30(12-8-10-22-47)34(15-9-11-23-48)40(41(35)43)36-26-32(20-21-38(36)55-43)54-42(49)44-4-2/h3,5-7,13-14,16-21,25-26,30,34,39-41,47-48H,1,4,8-12,15,22-24,27-28H2,2H3,(H,44,49). The third kappa shape index (κ3) is 9.29. The number of benzene rings is 3. The van der Waals surface area contributed by atoms with Crippen LogP contribution in [0.15, 0.2) is 107 Å². The molecule has 1 aliphatic heterocycles. The lowest BCUT2D eigenvalue weighted by atomic mass is 9.56. The fourth-order valence-corrected chi connectivity index (χ4v) is 9.65. The smallest absolute Gasteiger partial charge is 0.412 e. The second-order valence-corrected chi connectivity index (χ2v) is 15.6. The molecule has 298 valence electrons. The number of rotatable bonds is 19. The number of unbranched alkanes of at least 4 members (excludes halogenated alkanes) is 2. The molecule has 1 heterocycles. The molecule has 12 nitrogen and oxygen atoms in total. The summed E-state index contributed by atoms with van der Waals surface area (Å²) in [6.45, 7) is 6.78. The minimum absolute atomic E-state index is 0.000280. The topological polar surface area (TPSA) is 162 Å². The van der Waals surface area contributed by atoms with Gasteiger partial charge in [-0.25, -0.2) is 4.79 Å². The van der Waals surface area contributed by atoms with Crippen LogP contribution in [0.2, 0.25) is 0 Å². The molecule has 3 aromatic carbocycles. The molecular formula is C43H51N3O9S. The van der Waals surface area contributed by atoms with E-state index in [1.807, 2.05) is 37.3 Å². The average Bonchev–Trinajstić information content (AvgIpc) is 3.20. The number of amides is 1. The Kier molecular flexibility index (Phi) is 14.2. The third-order valence-electron chi connectivity index (χ3n) is 10.7. The van der Waals surface area contributed by atoms with Crippen LogP contribution in [-0.4, -0.2) is 64.3 Å². The lowest BCUT2D eigenvalue weighted by molar-refractivity contribution is -0.384. The molecule has 0 saturated heterocycles. The zero-order chi connectivity index (χ0) is 39.5. The molecule has 2 aliphatic carbocycles. The molecule has 3 N–H and O–H groups in total. The van der Waals surface area contributed by atoms with Gasteiger partial charge in [-0.05, 0) is 98.0 Å². The summed E-state index contributed by atoms with van der Waals surface area (Å²) in [4.78, 5) is 30.6. The predicted octanol–water partition coefficient (Wildman–Crippen LogP) is 8.33. The molecule has 13 heteroatoms. The van der Waals surface area contributed by atoms with Crippen LogP contribution in [-0.2, 0) is 16.2 Å². The van der Waals surface area contributed by atoms with E-state index in [1.54, 1.807) is 36.0 Å².